The van der Waals surface area contributed by atoms with E-state index in [-0.39, 0.29) is 6.04 Å². The van der Waals surface area contributed by atoms with E-state index in [0.29, 0.717) is 11.0 Å². The van der Waals surface area contributed by atoms with Crippen LogP contribution < -0.4 is 10.5 Å². The topological polar surface area (TPSA) is 89.7 Å². The van der Waals surface area contributed by atoms with Crippen LogP contribution in [0, 0.1) is 0 Å². The number of nitrogens with one attached hydrogen (secondary N) is 1. The Balaban J connectivity index is 2.23. The first kappa shape index (κ1) is 9.10. The van der Waals surface area contributed by atoms with Gasteiger partial charge in [-0.25, -0.2) is 9.97 Å². The summed E-state index contributed by atoms with van der Waals surface area (Å²) in [5.74, 6) is 0.595. The summed E-state index contributed by atoms with van der Waals surface area (Å²) in [7, 11) is 1.57. The van der Waals surface area contributed by atoms with Crippen molar-refractivity contribution in [3.05, 3.63) is 23.2 Å². The third-order valence-corrected chi connectivity index (χ3v) is 2.54. The molecule has 0 aliphatic carbocycles. The van der Waals surface area contributed by atoms with Crippen LogP contribution in [0.1, 0.15) is 17.6 Å². The molecule has 1 atom stereocenters. The molecule has 6 nitrogen and oxygen atoms in total. The van der Waals surface area contributed by atoms with Crippen LogP contribution in [-0.2, 0) is 0 Å². The normalized spacial score (nSPS) is 12.7. The third-order valence-electron chi connectivity index (χ3n) is 1.72. The van der Waals surface area contributed by atoms with E-state index in [1.54, 1.807) is 7.11 Å². The van der Waals surface area contributed by atoms with Crippen LogP contribution >= 0.6 is 11.3 Å². The molecule has 3 N–H and O–H groups in total. The first-order chi connectivity index (χ1) is 6.81. The summed E-state index contributed by atoms with van der Waals surface area (Å²) in [6, 6.07) is -0.377. The van der Waals surface area contributed by atoms with Gasteiger partial charge in [0, 0.05) is 5.38 Å². The van der Waals surface area contributed by atoms with Crippen molar-refractivity contribution in [3.8, 4) is 5.19 Å². The Labute approximate surface area is 84.1 Å². The van der Waals surface area contributed by atoms with Gasteiger partial charge in [-0.05, 0) is 0 Å². The van der Waals surface area contributed by atoms with E-state index in [4.69, 9.17) is 10.5 Å². The molecule has 74 valence electrons. The number of rotatable bonds is 3. The van der Waals surface area contributed by atoms with Crippen molar-refractivity contribution in [1.29, 1.82) is 0 Å². The highest BCUT2D eigenvalue weighted by Crippen LogP contribution is 2.23. The number of H-pyrrole nitrogens is 1. The van der Waals surface area contributed by atoms with E-state index in [9.17, 15) is 0 Å². The number of hydrogen-bond acceptors (Lipinski definition) is 6. The fraction of sp³-hybridized carbons (Fsp3) is 0.286. The Kier molecular flexibility index (Phi) is 2.42. The quantitative estimate of drug-likeness (QED) is 0.763. The lowest BCUT2D eigenvalue weighted by Gasteiger charge is -2.02. The van der Waals surface area contributed by atoms with Gasteiger partial charge in [0.1, 0.15) is 18.2 Å². The second-order valence-electron chi connectivity index (χ2n) is 2.59. The average molecular weight is 211 g/mol. The minimum Gasteiger partial charge on any atom is -0.473 e. The molecule has 0 bridgehead atoms. The highest BCUT2D eigenvalue weighted by Gasteiger charge is 2.15. The molecule has 0 amide bonds. The summed E-state index contributed by atoms with van der Waals surface area (Å²) >= 11 is 1.40. The van der Waals surface area contributed by atoms with Gasteiger partial charge in [-0.3, -0.25) is 5.10 Å². The number of thiazole rings is 1. The molecule has 2 aromatic heterocycles. The summed E-state index contributed by atoms with van der Waals surface area (Å²) in [5.41, 5.74) is 6.61. The van der Waals surface area contributed by atoms with Crippen LogP contribution in [0.25, 0.3) is 0 Å². The molecule has 0 aliphatic rings. The van der Waals surface area contributed by atoms with Crippen LogP contribution in [0.5, 0.6) is 5.19 Å². The van der Waals surface area contributed by atoms with E-state index in [0.717, 1.165) is 5.69 Å². The number of ether oxygens (including phenoxy) is 1. The Hall–Kier alpha value is -1.47. The molecule has 0 saturated heterocycles. The van der Waals surface area contributed by atoms with E-state index < -0.39 is 0 Å². The minimum absolute atomic E-state index is 0.377. The smallest absolute Gasteiger partial charge is 0.273 e. The molecule has 0 radical (unpaired) electrons. The SMILES string of the molecule is COc1nc(C(N)c2ncn[nH]2)cs1. The molecule has 1 unspecified atom stereocenters. The Morgan fingerprint density at radius 2 is 2.50 bits per heavy atom. The van der Waals surface area contributed by atoms with E-state index in [1.165, 1.54) is 17.7 Å². The molecular formula is C7H9N5OS. The lowest BCUT2D eigenvalue weighted by molar-refractivity contribution is 0.410. The average Bonchev–Trinajstić information content (AvgIpc) is 2.88. The monoisotopic (exact) mass is 211 g/mol. The van der Waals surface area contributed by atoms with Gasteiger partial charge in [-0.15, -0.1) is 0 Å². The molecule has 0 saturated carbocycles. The summed E-state index contributed by atoms with van der Waals surface area (Å²) < 4.78 is 4.97. The first-order valence-corrected chi connectivity index (χ1v) is 4.79. The molecule has 0 aliphatic heterocycles. The van der Waals surface area contributed by atoms with Crippen LogP contribution in [0.2, 0.25) is 0 Å². The van der Waals surface area contributed by atoms with Gasteiger partial charge >= 0.3 is 0 Å². The van der Waals surface area contributed by atoms with Gasteiger partial charge in [0.15, 0.2) is 0 Å². The Morgan fingerprint density at radius 1 is 1.64 bits per heavy atom. The maximum Gasteiger partial charge on any atom is 0.273 e. The van der Waals surface area contributed by atoms with Crippen molar-refractivity contribution < 1.29 is 4.74 Å². The van der Waals surface area contributed by atoms with Gasteiger partial charge in [0.2, 0.25) is 0 Å². The lowest BCUT2D eigenvalue weighted by atomic mass is 10.2. The van der Waals surface area contributed by atoms with Crippen molar-refractivity contribution in [3.63, 3.8) is 0 Å². The van der Waals surface area contributed by atoms with Gasteiger partial charge in [0.05, 0.1) is 12.8 Å². The van der Waals surface area contributed by atoms with Crippen LogP contribution in [0.4, 0.5) is 0 Å². The Morgan fingerprint density at radius 3 is 3.07 bits per heavy atom. The molecule has 2 aromatic rings. The summed E-state index contributed by atoms with van der Waals surface area (Å²) in [6.45, 7) is 0. The van der Waals surface area contributed by atoms with Crippen LogP contribution in [0.15, 0.2) is 11.7 Å². The third kappa shape index (κ3) is 1.59. The number of methoxy groups -OCH3 is 1. The zero-order valence-electron chi connectivity index (χ0n) is 7.47. The van der Waals surface area contributed by atoms with Crippen molar-refractivity contribution in [1.82, 2.24) is 20.2 Å². The summed E-state index contributed by atoms with van der Waals surface area (Å²) in [6.07, 6.45) is 1.42. The number of aromatic amines is 1. The van der Waals surface area contributed by atoms with Gasteiger partial charge in [-0.1, -0.05) is 11.3 Å². The van der Waals surface area contributed by atoms with Crippen molar-refractivity contribution in [2.24, 2.45) is 5.73 Å². The molecule has 14 heavy (non-hydrogen) atoms. The molecule has 7 heteroatoms. The highest BCUT2D eigenvalue weighted by atomic mass is 32.1. The first-order valence-electron chi connectivity index (χ1n) is 3.91. The zero-order valence-corrected chi connectivity index (χ0v) is 8.28. The largest absolute Gasteiger partial charge is 0.473 e. The van der Waals surface area contributed by atoms with Crippen molar-refractivity contribution in [2.45, 2.75) is 6.04 Å². The van der Waals surface area contributed by atoms with Crippen molar-refractivity contribution in [2.75, 3.05) is 7.11 Å². The lowest BCUT2D eigenvalue weighted by Crippen LogP contribution is -2.14. The number of hydrogen-bond donors (Lipinski definition) is 2. The second-order valence-corrected chi connectivity index (χ2v) is 3.41. The Bertz CT molecular complexity index is 398. The van der Waals surface area contributed by atoms with Gasteiger partial charge < -0.3 is 10.5 Å². The van der Waals surface area contributed by atoms with E-state index in [1.807, 2.05) is 5.38 Å². The molecule has 2 rings (SSSR count). The zero-order chi connectivity index (χ0) is 9.97. The highest BCUT2D eigenvalue weighted by molar-refractivity contribution is 7.11. The summed E-state index contributed by atoms with van der Waals surface area (Å²) in [5, 5.41) is 8.86. The maximum atomic E-state index is 5.88. The second kappa shape index (κ2) is 3.72. The van der Waals surface area contributed by atoms with E-state index in [2.05, 4.69) is 20.2 Å². The molecule has 2 heterocycles. The van der Waals surface area contributed by atoms with Gasteiger partial charge in [0.25, 0.3) is 5.19 Å². The molecule has 0 aromatic carbocycles. The van der Waals surface area contributed by atoms with Gasteiger partial charge in [-0.2, -0.15) is 5.10 Å². The fourth-order valence-electron chi connectivity index (χ4n) is 1.01. The number of nitrogens with zero attached hydrogens (tertiary/aromatic N) is 3. The number of nitrogens with two attached hydrogens (primary N) is 1. The standard InChI is InChI=1S/C7H9N5OS/c1-13-7-11-4(2-14-7)5(8)6-9-3-10-12-6/h2-3,5H,8H2,1H3,(H,9,10,12). The molecular weight excluding hydrogens is 202 g/mol. The predicted octanol–water partition coefficient (Wildman–Crippen LogP) is 0.318. The van der Waals surface area contributed by atoms with Crippen molar-refractivity contribution >= 4 is 11.3 Å². The number of aromatic nitrogens is 4. The minimum atomic E-state index is -0.377. The van der Waals surface area contributed by atoms with Crippen LogP contribution in [0.3, 0.4) is 0 Å². The van der Waals surface area contributed by atoms with Crippen LogP contribution in [-0.4, -0.2) is 27.3 Å². The predicted molar refractivity (Wildman–Crippen MR) is 51.1 cm³/mol. The molecule has 0 fully saturated rings. The summed E-state index contributed by atoms with van der Waals surface area (Å²) in [4.78, 5) is 8.13. The maximum absolute atomic E-state index is 5.88. The fourth-order valence-corrected chi connectivity index (χ4v) is 1.69. The molecule has 0 spiro atoms. The van der Waals surface area contributed by atoms with E-state index >= 15 is 0 Å².